The number of nitrogens with two attached hydrogens (primary N) is 1. The number of aryl methyl sites for hydroxylation is 4. The summed E-state index contributed by atoms with van der Waals surface area (Å²) in [7, 11) is 0. The molecule has 0 saturated heterocycles. The van der Waals surface area contributed by atoms with Gasteiger partial charge >= 0.3 is 0 Å². The maximum Gasteiger partial charge on any atom is 0.0639 e. The highest BCUT2D eigenvalue weighted by molar-refractivity contribution is 5.44. The van der Waals surface area contributed by atoms with Gasteiger partial charge in [-0.1, -0.05) is 42.0 Å². The Labute approximate surface area is 116 Å². The van der Waals surface area contributed by atoms with E-state index in [-0.39, 0.29) is 0 Å². The molecule has 0 aromatic heterocycles. The molecule has 19 heavy (non-hydrogen) atoms. The molecular formula is C18H23N. The van der Waals surface area contributed by atoms with Gasteiger partial charge in [-0.25, -0.2) is 0 Å². The predicted molar refractivity (Wildman–Crippen MR) is 82.5 cm³/mol. The van der Waals surface area contributed by atoms with Crippen LogP contribution >= 0.6 is 0 Å². The third-order valence-electron chi connectivity index (χ3n) is 4.05. The summed E-state index contributed by atoms with van der Waals surface area (Å²) < 4.78 is 0. The SMILES string of the molecule is Cc1ccc(C(C)(N)c2ccc(C)c(C)c2)c(C)c1. The van der Waals surface area contributed by atoms with E-state index in [9.17, 15) is 0 Å². The van der Waals surface area contributed by atoms with E-state index < -0.39 is 5.54 Å². The minimum absolute atomic E-state index is 0.448. The highest BCUT2D eigenvalue weighted by Gasteiger charge is 2.25. The molecule has 0 amide bonds. The van der Waals surface area contributed by atoms with Crippen LogP contribution in [0.2, 0.25) is 0 Å². The highest BCUT2D eigenvalue weighted by Crippen LogP contribution is 2.30. The minimum atomic E-state index is -0.448. The van der Waals surface area contributed by atoms with Crippen LogP contribution in [0.4, 0.5) is 0 Å². The fraction of sp³-hybridized carbons (Fsp3) is 0.333. The van der Waals surface area contributed by atoms with Crippen molar-refractivity contribution in [3.63, 3.8) is 0 Å². The molecule has 2 rings (SSSR count). The molecule has 1 heteroatoms. The molecule has 0 saturated carbocycles. The molecule has 1 atom stereocenters. The van der Waals surface area contributed by atoms with Crippen LogP contribution in [0.3, 0.4) is 0 Å². The van der Waals surface area contributed by atoms with Gasteiger partial charge in [-0.2, -0.15) is 0 Å². The van der Waals surface area contributed by atoms with E-state index in [1.807, 2.05) is 0 Å². The van der Waals surface area contributed by atoms with Crippen molar-refractivity contribution in [1.29, 1.82) is 0 Å². The van der Waals surface area contributed by atoms with Gasteiger partial charge in [-0.15, -0.1) is 0 Å². The maximum atomic E-state index is 6.63. The molecule has 0 heterocycles. The molecule has 2 N–H and O–H groups in total. The van der Waals surface area contributed by atoms with Crippen molar-refractivity contribution in [2.75, 3.05) is 0 Å². The summed E-state index contributed by atoms with van der Waals surface area (Å²) in [5.41, 5.74) is 13.7. The first kappa shape index (κ1) is 13.8. The Bertz CT molecular complexity index is 609. The van der Waals surface area contributed by atoms with Crippen LogP contribution in [0.5, 0.6) is 0 Å². The minimum Gasteiger partial charge on any atom is -0.318 e. The quantitative estimate of drug-likeness (QED) is 0.855. The second-order valence-electron chi connectivity index (χ2n) is 5.82. The zero-order valence-electron chi connectivity index (χ0n) is 12.5. The summed E-state index contributed by atoms with van der Waals surface area (Å²) in [5, 5.41) is 0. The Hall–Kier alpha value is -1.60. The van der Waals surface area contributed by atoms with Crippen LogP contribution in [-0.4, -0.2) is 0 Å². The summed E-state index contributed by atoms with van der Waals surface area (Å²) >= 11 is 0. The molecule has 0 fully saturated rings. The first-order valence-corrected chi connectivity index (χ1v) is 6.76. The summed E-state index contributed by atoms with van der Waals surface area (Å²) in [6, 6.07) is 13.0. The fourth-order valence-corrected chi connectivity index (χ4v) is 2.62. The highest BCUT2D eigenvalue weighted by atomic mass is 14.7. The molecular weight excluding hydrogens is 230 g/mol. The molecule has 0 aliphatic carbocycles. The lowest BCUT2D eigenvalue weighted by molar-refractivity contribution is 0.598. The standard InChI is InChI=1S/C18H23N/c1-12-6-9-17(15(4)10-12)18(5,19)16-8-7-13(2)14(3)11-16/h6-11H,19H2,1-5H3. The van der Waals surface area contributed by atoms with Crippen molar-refractivity contribution in [1.82, 2.24) is 0 Å². The second kappa shape index (κ2) is 4.82. The Balaban J connectivity index is 2.54. The number of hydrogen-bond donors (Lipinski definition) is 1. The zero-order valence-corrected chi connectivity index (χ0v) is 12.5. The summed E-state index contributed by atoms with van der Waals surface area (Å²) in [5.74, 6) is 0. The lowest BCUT2D eigenvalue weighted by atomic mass is 9.82. The van der Waals surface area contributed by atoms with E-state index in [2.05, 4.69) is 71.0 Å². The van der Waals surface area contributed by atoms with Gasteiger partial charge in [0.25, 0.3) is 0 Å². The van der Waals surface area contributed by atoms with Crippen LogP contribution in [0.25, 0.3) is 0 Å². The molecule has 2 aromatic carbocycles. The van der Waals surface area contributed by atoms with Crippen LogP contribution in [-0.2, 0) is 5.54 Å². The smallest absolute Gasteiger partial charge is 0.0639 e. The van der Waals surface area contributed by atoms with E-state index in [1.165, 1.54) is 33.4 Å². The zero-order chi connectivity index (χ0) is 14.2. The Morgan fingerprint density at radius 3 is 2.05 bits per heavy atom. The monoisotopic (exact) mass is 253 g/mol. The molecule has 1 unspecified atom stereocenters. The summed E-state index contributed by atoms with van der Waals surface area (Å²) in [4.78, 5) is 0. The van der Waals surface area contributed by atoms with Gasteiger partial charge in [-0.3, -0.25) is 0 Å². The molecule has 100 valence electrons. The summed E-state index contributed by atoms with van der Waals surface area (Å²) in [6.07, 6.45) is 0. The fourth-order valence-electron chi connectivity index (χ4n) is 2.62. The first-order chi connectivity index (χ1) is 8.82. The predicted octanol–water partition coefficient (Wildman–Crippen LogP) is 4.14. The van der Waals surface area contributed by atoms with E-state index in [4.69, 9.17) is 5.73 Å². The number of hydrogen-bond acceptors (Lipinski definition) is 1. The van der Waals surface area contributed by atoms with Gasteiger partial charge in [0.1, 0.15) is 0 Å². The average molecular weight is 253 g/mol. The third kappa shape index (κ3) is 2.57. The van der Waals surface area contributed by atoms with Gasteiger partial charge in [0.2, 0.25) is 0 Å². The van der Waals surface area contributed by atoms with E-state index in [0.29, 0.717) is 0 Å². The Morgan fingerprint density at radius 1 is 0.789 bits per heavy atom. The lowest BCUT2D eigenvalue weighted by Crippen LogP contribution is -2.35. The van der Waals surface area contributed by atoms with Crippen molar-refractivity contribution >= 4 is 0 Å². The van der Waals surface area contributed by atoms with E-state index in [1.54, 1.807) is 0 Å². The average Bonchev–Trinajstić information content (AvgIpc) is 2.32. The van der Waals surface area contributed by atoms with Gasteiger partial charge in [0, 0.05) is 0 Å². The van der Waals surface area contributed by atoms with Gasteiger partial charge < -0.3 is 5.73 Å². The summed E-state index contributed by atoms with van der Waals surface area (Å²) in [6.45, 7) is 10.6. The third-order valence-corrected chi connectivity index (χ3v) is 4.05. The van der Waals surface area contributed by atoms with Crippen LogP contribution < -0.4 is 5.73 Å². The molecule has 2 aromatic rings. The van der Waals surface area contributed by atoms with Crippen LogP contribution in [0.15, 0.2) is 36.4 Å². The molecule has 0 radical (unpaired) electrons. The number of rotatable bonds is 2. The van der Waals surface area contributed by atoms with Gasteiger partial charge in [0.15, 0.2) is 0 Å². The van der Waals surface area contributed by atoms with Crippen molar-refractivity contribution in [3.05, 3.63) is 69.8 Å². The van der Waals surface area contributed by atoms with E-state index >= 15 is 0 Å². The molecule has 0 aliphatic rings. The van der Waals surface area contributed by atoms with Crippen molar-refractivity contribution in [2.24, 2.45) is 5.73 Å². The second-order valence-corrected chi connectivity index (χ2v) is 5.82. The van der Waals surface area contributed by atoms with Crippen molar-refractivity contribution in [3.8, 4) is 0 Å². The molecule has 1 nitrogen and oxygen atoms in total. The number of benzene rings is 2. The van der Waals surface area contributed by atoms with Crippen LogP contribution in [0.1, 0.15) is 40.3 Å². The van der Waals surface area contributed by atoms with Crippen LogP contribution in [0, 0.1) is 27.7 Å². The maximum absolute atomic E-state index is 6.63. The van der Waals surface area contributed by atoms with Gasteiger partial charge in [0.05, 0.1) is 5.54 Å². The molecule has 0 bridgehead atoms. The van der Waals surface area contributed by atoms with Gasteiger partial charge in [-0.05, 0) is 62.4 Å². The molecule has 0 aliphatic heterocycles. The largest absolute Gasteiger partial charge is 0.318 e. The molecule has 0 spiro atoms. The van der Waals surface area contributed by atoms with E-state index in [0.717, 1.165) is 0 Å². The normalized spacial score (nSPS) is 14.2. The first-order valence-electron chi connectivity index (χ1n) is 6.76. The van der Waals surface area contributed by atoms with Crippen molar-refractivity contribution < 1.29 is 0 Å². The van der Waals surface area contributed by atoms with Crippen molar-refractivity contribution in [2.45, 2.75) is 40.2 Å². The topological polar surface area (TPSA) is 26.0 Å². The lowest BCUT2D eigenvalue weighted by Gasteiger charge is -2.28. The Kier molecular flexibility index (Phi) is 3.51. The Morgan fingerprint density at radius 2 is 1.47 bits per heavy atom.